The molecule has 136 valence electrons. The molecule has 0 radical (unpaired) electrons. The highest BCUT2D eigenvalue weighted by atomic mass is 15.0. The van der Waals surface area contributed by atoms with Crippen LogP contribution in [0.1, 0.15) is 63.1 Å². The van der Waals surface area contributed by atoms with Crippen molar-refractivity contribution < 1.29 is 0 Å². The quantitative estimate of drug-likeness (QED) is 0.710. The van der Waals surface area contributed by atoms with Crippen LogP contribution in [0.25, 0.3) is 0 Å². The van der Waals surface area contributed by atoms with Gasteiger partial charge in [-0.3, -0.25) is 0 Å². The lowest BCUT2D eigenvalue weighted by molar-refractivity contribution is 0.104. The number of hydrogen-bond acceptors (Lipinski definition) is 2. The second kappa shape index (κ2) is 8.52. The van der Waals surface area contributed by atoms with Crippen molar-refractivity contribution in [1.29, 1.82) is 5.26 Å². The highest BCUT2D eigenvalue weighted by Crippen LogP contribution is 2.45. The van der Waals surface area contributed by atoms with E-state index in [1.54, 1.807) is 0 Å². The van der Waals surface area contributed by atoms with Gasteiger partial charge in [0.05, 0.1) is 12.1 Å². The summed E-state index contributed by atoms with van der Waals surface area (Å²) in [6.07, 6.45) is 5.28. The minimum absolute atomic E-state index is 0.210. The molecule has 0 unspecified atom stereocenters. The summed E-state index contributed by atoms with van der Waals surface area (Å²) in [5.74, 6) is 0.571. The van der Waals surface area contributed by atoms with E-state index in [1.165, 1.54) is 11.1 Å². The summed E-state index contributed by atoms with van der Waals surface area (Å²) in [6, 6.07) is 24.6. The molecule has 2 nitrogen and oxygen atoms in total. The fourth-order valence-corrected chi connectivity index (χ4v) is 4.39. The Labute approximate surface area is 158 Å². The SMILES string of the molecule is CC(C)[C@]1(CC#N)CC[C@@H](NC(c2ccccc2)c2ccccc2)CC1. The lowest BCUT2D eigenvalue weighted by Crippen LogP contribution is -2.41. The van der Waals surface area contributed by atoms with Crippen LogP contribution in [0.4, 0.5) is 0 Å². The van der Waals surface area contributed by atoms with E-state index in [4.69, 9.17) is 0 Å². The number of nitriles is 1. The van der Waals surface area contributed by atoms with Crippen LogP contribution in [0.2, 0.25) is 0 Å². The number of nitrogens with one attached hydrogen (secondary N) is 1. The van der Waals surface area contributed by atoms with Gasteiger partial charge in [0.15, 0.2) is 0 Å². The molecule has 1 saturated carbocycles. The van der Waals surface area contributed by atoms with Crippen LogP contribution in [-0.2, 0) is 0 Å². The molecule has 0 spiro atoms. The van der Waals surface area contributed by atoms with Gasteiger partial charge in [-0.1, -0.05) is 74.5 Å². The van der Waals surface area contributed by atoms with Gasteiger partial charge in [-0.05, 0) is 48.1 Å². The molecule has 1 aliphatic rings. The second-order valence-corrected chi connectivity index (χ2v) is 8.05. The maximum Gasteiger partial charge on any atom is 0.0627 e. The first-order valence-electron chi connectivity index (χ1n) is 9.87. The second-order valence-electron chi connectivity index (χ2n) is 8.05. The third kappa shape index (κ3) is 4.17. The van der Waals surface area contributed by atoms with Crippen LogP contribution in [-0.4, -0.2) is 6.04 Å². The van der Waals surface area contributed by atoms with Gasteiger partial charge in [0.2, 0.25) is 0 Å². The van der Waals surface area contributed by atoms with Crippen molar-refractivity contribution in [2.75, 3.05) is 0 Å². The van der Waals surface area contributed by atoms with Crippen LogP contribution >= 0.6 is 0 Å². The van der Waals surface area contributed by atoms with Crippen molar-refractivity contribution in [3.63, 3.8) is 0 Å². The first-order chi connectivity index (χ1) is 12.6. The molecule has 0 saturated heterocycles. The number of rotatable bonds is 6. The van der Waals surface area contributed by atoms with E-state index in [-0.39, 0.29) is 11.5 Å². The zero-order chi connectivity index (χ0) is 18.4. The van der Waals surface area contributed by atoms with Gasteiger partial charge >= 0.3 is 0 Å². The van der Waals surface area contributed by atoms with Crippen molar-refractivity contribution in [1.82, 2.24) is 5.32 Å². The third-order valence-corrected chi connectivity index (χ3v) is 6.31. The number of nitrogens with zero attached hydrogens (tertiary/aromatic N) is 1. The Hall–Kier alpha value is -2.11. The molecular formula is C24H30N2. The largest absolute Gasteiger partial charge is 0.303 e. The summed E-state index contributed by atoms with van der Waals surface area (Å²) < 4.78 is 0. The van der Waals surface area contributed by atoms with E-state index in [0.717, 1.165) is 25.7 Å². The molecule has 1 fully saturated rings. The Morgan fingerprint density at radius 1 is 0.962 bits per heavy atom. The molecule has 1 N–H and O–H groups in total. The van der Waals surface area contributed by atoms with Crippen LogP contribution in [0, 0.1) is 22.7 Å². The molecular weight excluding hydrogens is 316 g/mol. The molecule has 0 bridgehead atoms. The molecule has 0 aromatic heterocycles. The zero-order valence-corrected chi connectivity index (χ0v) is 16.0. The summed E-state index contributed by atoms with van der Waals surface area (Å²) in [4.78, 5) is 0. The first kappa shape index (κ1) is 18.7. The summed E-state index contributed by atoms with van der Waals surface area (Å²) in [6.45, 7) is 4.56. The maximum absolute atomic E-state index is 9.28. The highest BCUT2D eigenvalue weighted by molar-refractivity contribution is 5.31. The van der Waals surface area contributed by atoms with Gasteiger partial charge in [0.25, 0.3) is 0 Å². The highest BCUT2D eigenvalue weighted by Gasteiger charge is 2.38. The summed E-state index contributed by atoms with van der Waals surface area (Å²) in [7, 11) is 0. The smallest absolute Gasteiger partial charge is 0.0627 e. The Kier molecular flexibility index (Phi) is 6.12. The Bertz CT molecular complexity index is 667. The lowest BCUT2D eigenvalue weighted by Gasteiger charge is -2.43. The van der Waals surface area contributed by atoms with Crippen LogP contribution in [0.15, 0.2) is 60.7 Å². The van der Waals surface area contributed by atoms with Gasteiger partial charge in [-0.2, -0.15) is 5.26 Å². The molecule has 0 heterocycles. The van der Waals surface area contributed by atoms with Crippen molar-refractivity contribution >= 4 is 0 Å². The van der Waals surface area contributed by atoms with E-state index in [9.17, 15) is 5.26 Å². The van der Waals surface area contributed by atoms with Crippen molar-refractivity contribution in [3.8, 4) is 6.07 Å². The molecule has 2 heteroatoms. The topological polar surface area (TPSA) is 35.8 Å². The fraction of sp³-hybridized carbons (Fsp3) is 0.458. The Morgan fingerprint density at radius 2 is 1.46 bits per heavy atom. The standard InChI is InChI=1S/C24H30N2/c1-19(2)24(17-18-25)15-13-22(14-16-24)26-23(20-9-5-3-6-10-20)21-11-7-4-8-12-21/h3-12,19,22-23,26H,13-17H2,1-2H3/t22-,24-. The lowest BCUT2D eigenvalue weighted by atomic mass is 9.64. The Morgan fingerprint density at radius 3 is 1.88 bits per heavy atom. The number of hydrogen-bond donors (Lipinski definition) is 1. The van der Waals surface area contributed by atoms with Crippen molar-refractivity contribution in [3.05, 3.63) is 71.8 Å². The van der Waals surface area contributed by atoms with Gasteiger partial charge in [-0.25, -0.2) is 0 Å². The van der Waals surface area contributed by atoms with Gasteiger partial charge < -0.3 is 5.32 Å². The predicted octanol–water partition coefficient (Wildman–Crippen LogP) is 5.86. The van der Waals surface area contributed by atoms with Gasteiger partial charge in [0.1, 0.15) is 0 Å². The normalized spacial score (nSPS) is 23.1. The molecule has 0 aliphatic heterocycles. The number of benzene rings is 2. The molecule has 26 heavy (non-hydrogen) atoms. The summed E-state index contributed by atoms with van der Waals surface area (Å²) in [5.41, 5.74) is 2.84. The predicted molar refractivity (Wildman–Crippen MR) is 108 cm³/mol. The van der Waals surface area contributed by atoms with Crippen LogP contribution < -0.4 is 5.32 Å². The maximum atomic E-state index is 9.28. The van der Waals surface area contributed by atoms with E-state index in [0.29, 0.717) is 18.4 Å². The third-order valence-electron chi connectivity index (χ3n) is 6.31. The zero-order valence-electron chi connectivity index (χ0n) is 16.0. The molecule has 1 aliphatic carbocycles. The average Bonchev–Trinajstić information content (AvgIpc) is 2.69. The minimum Gasteiger partial charge on any atom is -0.303 e. The molecule has 0 atom stereocenters. The van der Waals surface area contributed by atoms with Crippen molar-refractivity contribution in [2.45, 2.75) is 58.0 Å². The van der Waals surface area contributed by atoms with E-state index in [1.807, 2.05) is 0 Å². The van der Waals surface area contributed by atoms with Gasteiger partial charge in [-0.15, -0.1) is 0 Å². The van der Waals surface area contributed by atoms with Crippen LogP contribution in [0.3, 0.4) is 0 Å². The Balaban J connectivity index is 1.74. The van der Waals surface area contributed by atoms with E-state index < -0.39 is 0 Å². The molecule has 2 aromatic rings. The first-order valence-corrected chi connectivity index (χ1v) is 9.87. The van der Waals surface area contributed by atoms with Crippen LogP contribution in [0.5, 0.6) is 0 Å². The van der Waals surface area contributed by atoms with Gasteiger partial charge in [0, 0.05) is 12.5 Å². The van der Waals surface area contributed by atoms with E-state index in [2.05, 4.69) is 85.9 Å². The minimum atomic E-state index is 0.210. The molecule has 2 aromatic carbocycles. The molecule has 3 rings (SSSR count). The average molecular weight is 347 g/mol. The fourth-order valence-electron chi connectivity index (χ4n) is 4.39. The monoisotopic (exact) mass is 346 g/mol. The summed E-state index contributed by atoms with van der Waals surface area (Å²) in [5, 5.41) is 13.2. The molecule has 0 amide bonds. The van der Waals surface area contributed by atoms with Crippen molar-refractivity contribution in [2.24, 2.45) is 11.3 Å². The summed E-state index contributed by atoms with van der Waals surface area (Å²) >= 11 is 0. The van der Waals surface area contributed by atoms with E-state index >= 15 is 0 Å².